The number of fused-ring (bicyclic) bond motifs is 1. The lowest BCUT2D eigenvalue weighted by Gasteiger charge is -2.11. The molecule has 1 amide bonds. The monoisotopic (exact) mass is 416 g/mol. The van der Waals surface area contributed by atoms with Crippen LogP contribution in [-0.4, -0.2) is 25.8 Å². The highest BCUT2D eigenvalue weighted by molar-refractivity contribution is 9.10. The molecule has 0 saturated carbocycles. The molecular formula is C19H17BrN2O4. The Balaban J connectivity index is 1.75. The number of hydrazone groups is 1. The fourth-order valence-corrected chi connectivity index (χ4v) is 2.81. The average molecular weight is 417 g/mol. The van der Waals surface area contributed by atoms with Gasteiger partial charge in [-0.15, -0.1) is 0 Å². The second kappa shape index (κ2) is 8.05. The molecule has 1 heterocycles. The van der Waals surface area contributed by atoms with Gasteiger partial charge in [0.1, 0.15) is 5.58 Å². The number of carbonyl (C=O) groups excluding carboxylic acids is 1. The molecule has 0 saturated heterocycles. The Labute approximate surface area is 158 Å². The smallest absolute Gasteiger partial charge is 0.307 e. The lowest BCUT2D eigenvalue weighted by atomic mass is 10.2. The predicted octanol–water partition coefficient (Wildman–Crippen LogP) is 4.37. The Morgan fingerprint density at radius 3 is 2.81 bits per heavy atom. The molecule has 0 atom stereocenters. The van der Waals surface area contributed by atoms with E-state index in [1.165, 1.54) is 6.21 Å². The summed E-state index contributed by atoms with van der Waals surface area (Å²) in [5.74, 6) is 0.990. The van der Waals surface area contributed by atoms with Gasteiger partial charge in [0, 0.05) is 15.4 Å². The molecule has 0 bridgehead atoms. The predicted molar refractivity (Wildman–Crippen MR) is 103 cm³/mol. The number of hydrogen-bond donors (Lipinski definition) is 1. The summed E-state index contributed by atoms with van der Waals surface area (Å²) >= 11 is 3.45. The van der Waals surface area contributed by atoms with Crippen molar-refractivity contribution in [2.24, 2.45) is 5.10 Å². The minimum atomic E-state index is -0.424. The standard InChI is InChI=1S/C19H17BrN2O4/c1-3-25-17-9-13(14(20)10-16(17)24-2)11-21-22-19(23)18-8-12-6-4-5-7-15(12)26-18/h4-11H,3H2,1-2H3,(H,22,23)/b21-11+. The van der Waals surface area contributed by atoms with E-state index >= 15 is 0 Å². The number of nitrogens with zero attached hydrogens (tertiary/aromatic N) is 1. The minimum Gasteiger partial charge on any atom is -0.493 e. The zero-order chi connectivity index (χ0) is 18.5. The third-order valence-electron chi connectivity index (χ3n) is 3.60. The van der Waals surface area contributed by atoms with Gasteiger partial charge in [0.25, 0.3) is 0 Å². The fourth-order valence-electron chi connectivity index (χ4n) is 2.39. The van der Waals surface area contributed by atoms with Gasteiger partial charge < -0.3 is 13.9 Å². The molecule has 0 aliphatic rings. The molecule has 2 aromatic carbocycles. The van der Waals surface area contributed by atoms with Crippen LogP contribution in [0.3, 0.4) is 0 Å². The lowest BCUT2D eigenvalue weighted by molar-refractivity contribution is 0.0929. The molecule has 3 rings (SSSR count). The van der Waals surface area contributed by atoms with Crippen LogP contribution in [0.25, 0.3) is 11.0 Å². The van der Waals surface area contributed by atoms with E-state index < -0.39 is 5.91 Å². The van der Waals surface area contributed by atoms with Crippen molar-refractivity contribution in [1.82, 2.24) is 5.43 Å². The fraction of sp³-hybridized carbons (Fsp3) is 0.158. The topological polar surface area (TPSA) is 73.1 Å². The van der Waals surface area contributed by atoms with Crippen molar-refractivity contribution in [3.8, 4) is 11.5 Å². The zero-order valence-electron chi connectivity index (χ0n) is 14.3. The lowest BCUT2D eigenvalue weighted by Crippen LogP contribution is -2.16. The first-order chi connectivity index (χ1) is 12.6. The van der Waals surface area contributed by atoms with Crippen molar-refractivity contribution in [2.45, 2.75) is 6.92 Å². The maximum Gasteiger partial charge on any atom is 0.307 e. The van der Waals surface area contributed by atoms with Crippen molar-refractivity contribution < 1.29 is 18.7 Å². The van der Waals surface area contributed by atoms with Gasteiger partial charge in [-0.2, -0.15) is 5.10 Å². The van der Waals surface area contributed by atoms with E-state index in [1.807, 2.05) is 25.1 Å². The second-order valence-electron chi connectivity index (χ2n) is 5.31. The summed E-state index contributed by atoms with van der Waals surface area (Å²) in [5, 5.41) is 4.86. The van der Waals surface area contributed by atoms with Crippen molar-refractivity contribution in [2.75, 3.05) is 13.7 Å². The van der Waals surface area contributed by atoms with Gasteiger partial charge in [0.2, 0.25) is 0 Å². The third kappa shape index (κ3) is 3.88. The van der Waals surface area contributed by atoms with E-state index in [0.717, 1.165) is 15.4 Å². The Kier molecular flexibility index (Phi) is 5.58. The molecular weight excluding hydrogens is 400 g/mol. The Hall–Kier alpha value is -2.80. The summed E-state index contributed by atoms with van der Waals surface area (Å²) in [5.41, 5.74) is 3.85. The molecule has 0 radical (unpaired) electrons. The quantitative estimate of drug-likeness (QED) is 0.478. The van der Waals surface area contributed by atoms with Crippen molar-refractivity contribution in [1.29, 1.82) is 0 Å². The first kappa shape index (κ1) is 18.0. The maximum absolute atomic E-state index is 12.2. The van der Waals surface area contributed by atoms with Gasteiger partial charge in [-0.05, 0) is 47.1 Å². The summed E-state index contributed by atoms with van der Waals surface area (Å²) < 4.78 is 17.1. The van der Waals surface area contributed by atoms with Crippen LogP contribution >= 0.6 is 15.9 Å². The highest BCUT2D eigenvalue weighted by atomic mass is 79.9. The molecule has 0 fully saturated rings. The molecule has 0 aliphatic carbocycles. The van der Waals surface area contributed by atoms with Crippen LogP contribution in [0.15, 0.2) is 56.5 Å². The Morgan fingerprint density at radius 2 is 2.08 bits per heavy atom. The molecule has 1 N–H and O–H groups in total. The van der Waals surface area contributed by atoms with E-state index in [-0.39, 0.29) is 5.76 Å². The highest BCUT2D eigenvalue weighted by Crippen LogP contribution is 2.32. The molecule has 0 spiro atoms. The van der Waals surface area contributed by atoms with Crippen LogP contribution in [0, 0.1) is 0 Å². The van der Waals surface area contributed by atoms with Crippen LogP contribution < -0.4 is 14.9 Å². The molecule has 7 heteroatoms. The summed E-state index contributed by atoms with van der Waals surface area (Å²) in [6.07, 6.45) is 1.52. The highest BCUT2D eigenvalue weighted by Gasteiger charge is 2.12. The van der Waals surface area contributed by atoms with Gasteiger partial charge in [-0.1, -0.05) is 18.2 Å². The van der Waals surface area contributed by atoms with Gasteiger partial charge in [0.05, 0.1) is 19.9 Å². The van der Waals surface area contributed by atoms with Crippen molar-refractivity contribution in [3.63, 3.8) is 0 Å². The normalized spacial score (nSPS) is 11.0. The number of ether oxygens (including phenoxy) is 2. The third-order valence-corrected chi connectivity index (χ3v) is 4.29. The van der Waals surface area contributed by atoms with Crippen LogP contribution in [0.4, 0.5) is 0 Å². The largest absolute Gasteiger partial charge is 0.493 e. The SMILES string of the molecule is CCOc1cc(/C=N/NC(=O)c2cc3ccccc3o2)c(Br)cc1OC. The number of furan rings is 1. The number of methoxy groups -OCH3 is 1. The van der Waals surface area contributed by atoms with Crippen molar-refractivity contribution >= 4 is 39.0 Å². The summed E-state index contributed by atoms with van der Waals surface area (Å²) in [6, 6.07) is 12.7. The van der Waals surface area contributed by atoms with Crippen LogP contribution in [-0.2, 0) is 0 Å². The van der Waals surface area contributed by atoms with Crippen LogP contribution in [0.5, 0.6) is 11.5 Å². The van der Waals surface area contributed by atoms with E-state index in [4.69, 9.17) is 13.9 Å². The van der Waals surface area contributed by atoms with E-state index in [2.05, 4.69) is 26.5 Å². The van der Waals surface area contributed by atoms with Crippen molar-refractivity contribution in [3.05, 3.63) is 58.3 Å². The number of nitrogens with one attached hydrogen (secondary N) is 1. The molecule has 0 unspecified atom stereocenters. The first-order valence-electron chi connectivity index (χ1n) is 7.94. The molecule has 134 valence electrons. The van der Waals surface area contributed by atoms with E-state index in [1.54, 1.807) is 31.4 Å². The number of hydrogen-bond acceptors (Lipinski definition) is 5. The van der Waals surface area contributed by atoms with E-state index in [9.17, 15) is 4.79 Å². The number of benzene rings is 2. The van der Waals surface area contributed by atoms with Crippen LogP contribution in [0.1, 0.15) is 23.0 Å². The van der Waals surface area contributed by atoms with Gasteiger partial charge >= 0.3 is 5.91 Å². The molecule has 0 aliphatic heterocycles. The number of rotatable bonds is 6. The Morgan fingerprint density at radius 1 is 1.27 bits per heavy atom. The summed E-state index contributed by atoms with van der Waals surface area (Å²) in [4.78, 5) is 12.2. The number of carbonyl (C=O) groups is 1. The molecule has 26 heavy (non-hydrogen) atoms. The minimum absolute atomic E-state index is 0.201. The Bertz CT molecular complexity index is 932. The van der Waals surface area contributed by atoms with Crippen LogP contribution in [0.2, 0.25) is 0 Å². The molecule has 6 nitrogen and oxygen atoms in total. The number of para-hydroxylation sites is 1. The molecule has 3 aromatic rings. The average Bonchev–Trinajstić information content (AvgIpc) is 3.08. The molecule has 1 aromatic heterocycles. The van der Waals surface area contributed by atoms with Gasteiger partial charge in [-0.3, -0.25) is 4.79 Å². The van der Waals surface area contributed by atoms with Gasteiger partial charge in [-0.25, -0.2) is 5.43 Å². The number of halogens is 1. The second-order valence-corrected chi connectivity index (χ2v) is 6.16. The number of amides is 1. The maximum atomic E-state index is 12.2. The van der Waals surface area contributed by atoms with Gasteiger partial charge in [0.15, 0.2) is 17.3 Å². The first-order valence-corrected chi connectivity index (χ1v) is 8.74. The summed E-state index contributed by atoms with van der Waals surface area (Å²) in [6.45, 7) is 2.40. The van der Waals surface area contributed by atoms with E-state index in [0.29, 0.717) is 23.7 Å². The zero-order valence-corrected chi connectivity index (χ0v) is 15.9. The summed E-state index contributed by atoms with van der Waals surface area (Å²) in [7, 11) is 1.58.